The summed E-state index contributed by atoms with van der Waals surface area (Å²) in [5.74, 6) is -0.169. The number of fused-ring (bicyclic) bond motifs is 1. The van der Waals surface area contributed by atoms with Gasteiger partial charge in [-0.3, -0.25) is 4.79 Å². The number of halogens is 3. The van der Waals surface area contributed by atoms with Crippen LogP contribution in [0, 0.1) is 27.7 Å². The van der Waals surface area contributed by atoms with Gasteiger partial charge in [0.2, 0.25) is 0 Å². The van der Waals surface area contributed by atoms with E-state index >= 15 is 0 Å². The van der Waals surface area contributed by atoms with Crippen molar-refractivity contribution in [1.82, 2.24) is 19.5 Å². The standard InChI is InChI=1S/C29H30F3N5O/c1-18-8-9-19(2)22(14-18)15-25-20(3)34-27-26(17-33-37(27)21(25)4)28(38)36-12-10-35(11-13-36)24-7-5-6-23(16-24)29(30,31)32/h5-9,14,16-17H,10-13,15H2,1-4H3. The Hall–Kier alpha value is -3.88. The van der Waals surface area contributed by atoms with Crippen molar-refractivity contribution >= 4 is 17.2 Å². The maximum atomic E-state index is 13.4. The predicted octanol–water partition coefficient (Wildman–Crippen LogP) is 5.53. The molecule has 3 heterocycles. The largest absolute Gasteiger partial charge is 0.416 e. The first-order chi connectivity index (χ1) is 18.0. The number of alkyl halides is 3. The number of nitrogens with zero attached hydrogens (tertiary/aromatic N) is 5. The lowest BCUT2D eigenvalue weighted by atomic mass is 9.97. The van der Waals surface area contributed by atoms with E-state index in [2.05, 4.69) is 37.1 Å². The molecule has 5 rings (SSSR count). The summed E-state index contributed by atoms with van der Waals surface area (Å²) in [6.45, 7) is 9.82. The van der Waals surface area contributed by atoms with E-state index in [1.165, 1.54) is 22.8 Å². The van der Waals surface area contributed by atoms with E-state index in [9.17, 15) is 18.0 Å². The van der Waals surface area contributed by atoms with Gasteiger partial charge in [-0.15, -0.1) is 0 Å². The van der Waals surface area contributed by atoms with E-state index in [1.807, 2.05) is 18.7 Å². The van der Waals surface area contributed by atoms with E-state index in [0.29, 0.717) is 43.1 Å². The minimum Gasteiger partial charge on any atom is -0.368 e. The lowest BCUT2D eigenvalue weighted by Gasteiger charge is -2.36. The highest BCUT2D eigenvalue weighted by molar-refractivity contribution is 5.99. The van der Waals surface area contributed by atoms with Gasteiger partial charge in [0.05, 0.1) is 11.8 Å². The lowest BCUT2D eigenvalue weighted by molar-refractivity contribution is -0.137. The third-order valence-electron chi connectivity index (χ3n) is 7.42. The second kappa shape index (κ2) is 9.78. The van der Waals surface area contributed by atoms with Crippen molar-refractivity contribution in [2.45, 2.75) is 40.3 Å². The molecule has 4 aromatic rings. The van der Waals surface area contributed by atoms with Crippen molar-refractivity contribution < 1.29 is 18.0 Å². The molecular weight excluding hydrogens is 491 g/mol. The normalized spacial score (nSPS) is 14.4. The fourth-order valence-corrected chi connectivity index (χ4v) is 5.12. The summed E-state index contributed by atoms with van der Waals surface area (Å²) < 4.78 is 41.1. The van der Waals surface area contributed by atoms with Crippen molar-refractivity contribution in [3.05, 3.63) is 93.4 Å². The van der Waals surface area contributed by atoms with Crippen LogP contribution in [-0.2, 0) is 12.6 Å². The molecule has 1 amide bonds. The van der Waals surface area contributed by atoms with Gasteiger partial charge in [0, 0.05) is 49.7 Å². The third-order valence-corrected chi connectivity index (χ3v) is 7.42. The minimum atomic E-state index is -4.39. The summed E-state index contributed by atoms with van der Waals surface area (Å²) in [4.78, 5) is 21.8. The summed E-state index contributed by atoms with van der Waals surface area (Å²) in [7, 11) is 0. The zero-order valence-electron chi connectivity index (χ0n) is 21.9. The van der Waals surface area contributed by atoms with E-state index in [-0.39, 0.29) is 5.91 Å². The number of aryl methyl sites for hydroxylation is 4. The van der Waals surface area contributed by atoms with E-state index in [4.69, 9.17) is 4.98 Å². The topological polar surface area (TPSA) is 53.7 Å². The number of aromatic nitrogens is 3. The fourth-order valence-electron chi connectivity index (χ4n) is 5.12. The maximum Gasteiger partial charge on any atom is 0.416 e. The van der Waals surface area contributed by atoms with Gasteiger partial charge < -0.3 is 9.80 Å². The molecule has 1 saturated heterocycles. The lowest BCUT2D eigenvalue weighted by Crippen LogP contribution is -2.48. The average molecular weight is 522 g/mol. The highest BCUT2D eigenvalue weighted by Gasteiger charge is 2.32. The van der Waals surface area contributed by atoms with Gasteiger partial charge in [-0.25, -0.2) is 9.50 Å². The van der Waals surface area contributed by atoms with Gasteiger partial charge in [-0.2, -0.15) is 18.3 Å². The number of rotatable bonds is 4. The number of hydrogen-bond acceptors (Lipinski definition) is 4. The van der Waals surface area contributed by atoms with Crippen molar-refractivity contribution in [1.29, 1.82) is 0 Å². The molecule has 0 radical (unpaired) electrons. The Labute approximate surface area is 219 Å². The maximum absolute atomic E-state index is 13.4. The Bertz CT molecular complexity index is 1520. The highest BCUT2D eigenvalue weighted by Crippen LogP contribution is 2.32. The zero-order chi connectivity index (χ0) is 27.2. The molecule has 0 unspecified atom stereocenters. The van der Waals surface area contributed by atoms with E-state index in [0.717, 1.165) is 35.5 Å². The van der Waals surface area contributed by atoms with Crippen LogP contribution < -0.4 is 4.90 Å². The highest BCUT2D eigenvalue weighted by atomic mass is 19.4. The summed E-state index contributed by atoms with van der Waals surface area (Å²) in [5, 5.41) is 4.50. The third kappa shape index (κ3) is 4.85. The van der Waals surface area contributed by atoms with Crippen LogP contribution in [0.2, 0.25) is 0 Å². The number of anilines is 1. The molecule has 0 saturated carbocycles. The molecule has 2 aromatic heterocycles. The molecule has 1 fully saturated rings. The quantitative estimate of drug-likeness (QED) is 0.354. The molecule has 38 heavy (non-hydrogen) atoms. The number of hydrogen-bond donors (Lipinski definition) is 0. The van der Waals surface area contributed by atoms with Crippen LogP contribution in [0.5, 0.6) is 0 Å². The van der Waals surface area contributed by atoms with Gasteiger partial charge in [-0.1, -0.05) is 29.8 Å². The molecule has 0 atom stereocenters. The molecule has 198 valence electrons. The number of carbonyl (C=O) groups is 1. The first kappa shape index (κ1) is 25.8. The second-order valence-corrected chi connectivity index (χ2v) is 9.99. The van der Waals surface area contributed by atoms with Crippen LogP contribution in [-0.4, -0.2) is 51.6 Å². The van der Waals surface area contributed by atoms with Crippen LogP contribution >= 0.6 is 0 Å². The summed E-state index contributed by atoms with van der Waals surface area (Å²) in [5.41, 5.74) is 7.34. The smallest absolute Gasteiger partial charge is 0.368 e. The minimum absolute atomic E-state index is 0.169. The molecule has 0 N–H and O–H groups in total. The molecule has 0 aliphatic carbocycles. The van der Waals surface area contributed by atoms with Gasteiger partial charge >= 0.3 is 6.18 Å². The Kier molecular flexibility index (Phi) is 6.63. The molecular formula is C29H30F3N5O. The van der Waals surface area contributed by atoms with Gasteiger partial charge in [0.1, 0.15) is 5.56 Å². The first-order valence-corrected chi connectivity index (χ1v) is 12.6. The Morgan fingerprint density at radius 1 is 0.974 bits per heavy atom. The average Bonchev–Trinajstić information content (AvgIpc) is 3.31. The molecule has 1 aliphatic rings. The number of piperazine rings is 1. The summed E-state index contributed by atoms with van der Waals surface area (Å²) in [6.07, 6.45) is -2.09. The molecule has 1 aliphatic heterocycles. The fraction of sp³-hybridized carbons (Fsp3) is 0.345. The van der Waals surface area contributed by atoms with Crippen LogP contribution in [0.1, 0.15) is 49.6 Å². The first-order valence-electron chi connectivity index (χ1n) is 12.6. The van der Waals surface area contributed by atoms with Crippen LogP contribution in [0.15, 0.2) is 48.7 Å². The van der Waals surface area contributed by atoms with Crippen LogP contribution in [0.25, 0.3) is 5.65 Å². The summed E-state index contributed by atoms with van der Waals surface area (Å²) >= 11 is 0. The summed E-state index contributed by atoms with van der Waals surface area (Å²) in [6, 6.07) is 11.7. The van der Waals surface area contributed by atoms with Crippen molar-refractivity contribution in [2.75, 3.05) is 31.1 Å². The molecule has 0 spiro atoms. The molecule has 6 nitrogen and oxygen atoms in total. The predicted molar refractivity (Wildman–Crippen MR) is 141 cm³/mol. The Balaban J connectivity index is 1.35. The molecule has 9 heteroatoms. The number of benzene rings is 2. The SMILES string of the molecule is Cc1ccc(C)c(Cc2c(C)nc3c(C(=O)N4CCN(c5cccc(C(F)(F)F)c5)CC4)cnn3c2C)c1. The number of carbonyl (C=O) groups excluding carboxylic acids is 1. The van der Waals surface area contributed by atoms with Crippen molar-refractivity contribution in [3.63, 3.8) is 0 Å². The van der Waals surface area contributed by atoms with E-state index in [1.54, 1.807) is 21.7 Å². The molecule has 0 bridgehead atoms. The zero-order valence-corrected chi connectivity index (χ0v) is 21.9. The van der Waals surface area contributed by atoms with E-state index < -0.39 is 11.7 Å². The van der Waals surface area contributed by atoms with Crippen LogP contribution in [0.3, 0.4) is 0 Å². The van der Waals surface area contributed by atoms with Crippen molar-refractivity contribution in [2.24, 2.45) is 0 Å². The van der Waals surface area contributed by atoms with Crippen LogP contribution in [0.4, 0.5) is 18.9 Å². The monoisotopic (exact) mass is 521 g/mol. The van der Waals surface area contributed by atoms with Gasteiger partial charge in [0.25, 0.3) is 5.91 Å². The van der Waals surface area contributed by atoms with Gasteiger partial charge in [0.15, 0.2) is 5.65 Å². The second-order valence-electron chi connectivity index (χ2n) is 9.99. The molecule has 2 aromatic carbocycles. The van der Waals surface area contributed by atoms with Gasteiger partial charge in [-0.05, 0) is 62.6 Å². The Morgan fingerprint density at radius 2 is 1.71 bits per heavy atom. The van der Waals surface area contributed by atoms with Crippen molar-refractivity contribution in [3.8, 4) is 0 Å². The number of amides is 1. The Morgan fingerprint density at radius 3 is 2.42 bits per heavy atom.